The van der Waals surface area contributed by atoms with Gasteiger partial charge in [0.25, 0.3) is 5.56 Å². The minimum Gasteiger partial charge on any atom is -0.480 e. The topological polar surface area (TPSA) is 102 Å². The van der Waals surface area contributed by atoms with E-state index < -0.39 is 11.9 Å². The van der Waals surface area contributed by atoms with Crippen molar-refractivity contribution < 1.29 is 19.4 Å². The van der Waals surface area contributed by atoms with Crippen molar-refractivity contribution in [1.82, 2.24) is 14.5 Å². The molecule has 1 saturated heterocycles. The van der Waals surface area contributed by atoms with Crippen LogP contribution in [0.3, 0.4) is 0 Å². The quantitative estimate of drug-likeness (QED) is 0.846. The molecule has 0 bridgehead atoms. The molecule has 0 spiro atoms. The van der Waals surface area contributed by atoms with Gasteiger partial charge in [-0.3, -0.25) is 19.0 Å². The van der Waals surface area contributed by atoms with Gasteiger partial charge in [-0.15, -0.1) is 0 Å². The molecule has 0 saturated carbocycles. The number of carboxylic acid groups (broad SMARTS) is 1. The number of para-hydroxylation sites is 1. The van der Waals surface area contributed by atoms with Crippen LogP contribution in [0, 0.1) is 0 Å². The van der Waals surface area contributed by atoms with Gasteiger partial charge >= 0.3 is 5.97 Å². The Morgan fingerprint density at radius 3 is 2.72 bits per heavy atom. The third-order valence-electron chi connectivity index (χ3n) is 4.29. The lowest BCUT2D eigenvalue weighted by atomic mass is 10.1. The maximum Gasteiger partial charge on any atom is 0.323 e. The normalized spacial score (nSPS) is 15.2. The molecule has 1 N–H and O–H groups in total. The summed E-state index contributed by atoms with van der Waals surface area (Å²) in [5.41, 5.74) is 0.240. The number of carbonyl (C=O) groups is 2. The second-order valence-electron chi connectivity index (χ2n) is 5.95. The molecule has 2 aromatic rings. The summed E-state index contributed by atoms with van der Waals surface area (Å²) in [6.07, 6.45) is 2.50. The molecule has 8 heteroatoms. The maximum atomic E-state index is 12.7. The van der Waals surface area contributed by atoms with Crippen LogP contribution in [0.15, 0.2) is 35.4 Å². The number of nitrogens with zero attached hydrogens (tertiary/aromatic N) is 3. The van der Waals surface area contributed by atoms with E-state index in [0.29, 0.717) is 37.0 Å². The summed E-state index contributed by atoms with van der Waals surface area (Å²) in [6, 6.07) is 6.70. The van der Waals surface area contributed by atoms with Crippen molar-refractivity contribution in [2.75, 3.05) is 19.8 Å². The number of aliphatic carboxylic acids is 1. The van der Waals surface area contributed by atoms with Gasteiger partial charge in [0.05, 0.1) is 17.2 Å². The average Bonchev–Trinajstić information content (AvgIpc) is 2.63. The SMILES string of the molecule is O=C(O)CN(C(=O)Cn1cnc2ccccc2c1=O)C1CCOCC1. The lowest BCUT2D eigenvalue weighted by molar-refractivity contribution is -0.148. The van der Waals surface area contributed by atoms with E-state index in [9.17, 15) is 14.4 Å². The van der Waals surface area contributed by atoms with Crippen molar-refractivity contribution in [3.05, 3.63) is 40.9 Å². The zero-order valence-electron chi connectivity index (χ0n) is 13.6. The van der Waals surface area contributed by atoms with Crippen LogP contribution in [0.1, 0.15) is 12.8 Å². The van der Waals surface area contributed by atoms with E-state index in [4.69, 9.17) is 9.84 Å². The van der Waals surface area contributed by atoms with Crippen LogP contribution in [0.4, 0.5) is 0 Å². The second kappa shape index (κ2) is 7.43. The zero-order valence-corrected chi connectivity index (χ0v) is 13.6. The molecule has 1 amide bonds. The molecule has 0 aliphatic carbocycles. The van der Waals surface area contributed by atoms with Crippen LogP contribution in [-0.2, 0) is 20.9 Å². The number of rotatable bonds is 5. The largest absolute Gasteiger partial charge is 0.480 e. The van der Waals surface area contributed by atoms with Gasteiger partial charge in [0, 0.05) is 19.3 Å². The summed E-state index contributed by atoms with van der Waals surface area (Å²) in [4.78, 5) is 41.8. The summed E-state index contributed by atoms with van der Waals surface area (Å²) in [5.74, 6) is -1.49. The lowest BCUT2D eigenvalue weighted by Gasteiger charge is -2.33. The van der Waals surface area contributed by atoms with Gasteiger partial charge in [0.1, 0.15) is 13.1 Å². The van der Waals surface area contributed by atoms with E-state index >= 15 is 0 Å². The van der Waals surface area contributed by atoms with Crippen LogP contribution in [0.5, 0.6) is 0 Å². The predicted octanol–water partition coefficient (Wildman–Crippen LogP) is 0.489. The number of fused-ring (bicyclic) bond motifs is 1. The highest BCUT2D eigenvalue weighted by atomic mass is 16.5. The number of benzene rings is 1. The first kappa shape index (κ1) is 17.1. The predicted molar refractivity (Wildman–Crippen MR) is 89.2 cm³/mol. The fourth-order valence-corrected chi connectivity index (χ4v) is 3.02. The van der Waals surface area contributed by atoms with E-state index in [0.717, 1.165) is 0 Å². The Balaban J connectivity index is 1.84. The minimum absolute atomic E-state index is 0.193. The third kappa shape index (κ3) is 3.85. The van der Waals surface area contributed by atoms with Gasteiger partial charge in [0.15, 0.2) is 0 Å². The first-order chi connectivity index (χ1) is 12.1. The van der Waals surface area contributed by atoms with Crippen LogP contribution in [-0.4, -0.2) is 57.2 Å². The molecule has 8 nitrogen and oxygen atoms in total. The number of ether oxygens (including phenoxy) is 1. The van der Waals surface area contributed by atoms with Gasteiger partial charge in [-0.1, -0.05) is 12.1 Å². The van der Waals surface area contributed by atoms with Gasteiger partial charge in [-0.25, -0.2) is 4.98 Å². The highest BCUT2D eigenvalue weighted by molar-refractivity contribution is 5.82. The van der Waals surface area contributed by atoms with Crippen molar-refractivity contribution in [2.24, 2.45) is 0 Å². The number of aromatic nitrogens is 2. The van der Waals surface area contributed by atoms with Gasteiger partial charge in [-0.2, -0.15) is 0 Å². The van der Waals surface area contributed by atoms with Gasteiger partial charge < -0.3 is 14.7 Å². The van der Waals surface area contributed by atoms with Crippen LogP contribution in [0.2, 0.25) is 0 Å². The molecule has 1 aliphatic heterocycles. The Morgan fingerprint density at radius 1 is 1.28 bits per heavy atom. The second-order valence-corrected chi connectivity index (χ2v) is 5.95. The monoisotopic (exact) mass is 345 g/mol. The first-order valence-corrected chi connectivity index (χ1v) is 8.09. The van der Waals surface area contributed by atoms with E-state index in [-0.39, 0.29) is 24.7 Å². The Kier molecular flexibility index (Phi) is 5.08. The van der Waals surface area contributed by atoms with E-state index in [2.05, 4.69) is 4.98 Å². The van der Waals surface area contributed by atoms with Crippen LogP contribution < -0.4 is 5.56 Å². The molecular formula is C17H19N3O5. The molecule has 0 radical (unpaired) electrons. The average molecular weight is 345 g/mol. The Labute approximate surface area is 143 Å². The molecule has 2 heterocycles. The van der Waals surface area contributed by atoms with Crippen molar-refractivity contribution in [3.63, 3.8) is 0 Å². The maximum absolute atomic E-state index is 12.7. The fraction of sp³-hybridized carbons (Fsp3) is 0.412. The van der Waals surface area contributed by atoms with Gasteiger partial charge in [0.2, 0.25) is 5.91 Å². The summed E-state index contributed by atoms with van der Waals surface area (Å²) >= 11 is 0. The lowest BCUT2D eigenvalue weighted by Crippen LogP contribution is -2.48. The third-order valence-corrected chi connectivity index (χ3v) is 4.29. The molecule has 132 valence electrons. The molecular weight excluding hydrogens is 326 g/mol. The summed E-state index contributed by atoms with van der Waals surface area (Å²) in [7, 11) is 0. The molecule has 25 heavy (non-hydrogen) atoms. The van der Waals surface area contributed by atoms with Crippen molar-refractivity contribution in [3.8, 4) is 0 Å². The molecule has 1 aromatic carbocycles. The minimum atomic E-state index is -1.08. The molecule has 1 aliphatic rings. The van der Waals surface area contributed by atoms with E-state index in [1.807, 2.05) is 0 Å². The smallest absolute Gasteiger partial charge is 0.323 e. The molecule has 1 fully saturated rings. The highest BCUT2D eigenvalue weighted by Gasteiger charge is 2.27. The Hall–Kier alpha value is -2.74. The highest BCUT2D eigenvalue weighted by Crippen LogP contribution is 2.15. The van der Waals surface area contributed by atoms with Crippen LogP contribution >= 0.6 is 0 Å². The Morgan fingerprint density at radius 2 is 2.00 bits per heavy atom. The fourth-order valence-electron chi connectivity index (χ4n) is 3.02. The van der Waals surface area contributed by atoms with Crippen molar-refractivity contribution in [2.45, 2.75) is 25.4 Å². The Bertz CT molecular complexity index is 842. The van der Waals surface area contributed by atoms with E-state index in [1.165, 1.54) is 15.8 Å². The molecule has 1 aromatic heterocycles. The summed E-state index contributed by atoms with van der Waals surface area (Å²) in [6.45, 7) is 0.359. The summed E-state index contributed by atoms with van der Waals surface area (Å²) in [5, 5.41) is 9.54. The molecule has 0 unspecified atom stereocenters. The number of amides is 1. The van der Waals surface area contributed by atoms with Crippen molar-refractivity contribution >= 4 is 22.8 Å². The standard InChI is InChI=1S/C17H19N3O5/c21-15(20(10-16(22)23)12-5-7-25-8-6-12)9-19-11-18-14-4-2-1-3-13(14)17(19)24/h1-4,11-12H,5-10H2,(H,22,23). The number of hydrogen-bond donors (Lipinski definition) is 1. The molecule has 0 atom stereocenters. The number of hydrogen-bond acceptors (Lipinski definition) is 5. The number of carbonyl (C=O) groups excluding carboxylic acids is 1. The van der Waals surface area contributed by atoms with Crippen molar-refractivity contribution in [1.29, 1.82) is 0 Å². The van der Waals surface area contributed by atoms with Crippen LogP contribution in [0.25, 0.3) is 10.9 Å². The van der Waals surface area contributed by atoms with E-state index in [1.54, 1.807) is 24.3 Å². The molecule has 3 rings (SSSR count). The first-order valence-electron chi connectivity index (χ1n) is 8.09. The zero-order chi connectivity index (χ0) is 17.8. The number of carboxylic acids is 1. The summed E-state index contributed by atoms with van der Waals surface area (Å²) < 4.78 is 6.49. The van der Waals surface area contributed by atoms with Gasteiger partial charge in [-0.05, 0) is 25.0 Å².